The zero-order valence-corrected chi connectivity index (χ0v) is 12.1. The fraction of sp³-hybridized carbons (Fsp3) is 0.0714. The van der Waals surface area contributed by atoms with E-state index in [1.165, 1.54) is 0 Å². The molecule has 20 heavy (non-hydrogen) atoms. The van der Waals surface area contributed by atoms with Gasteiger partial charge in [0.25, 0.3) is 0 Å². The Morgan fingerprint density at radius 1 is 1.15 bits per heavy atom. The lowest BCUT2D eigenvalue weighted by atomic mass is 10.3. The first-order valence-corrected chi connectivity index (χ1v) is 6.68. The molecule has 5 nitrogen and oxygen atoms in total. The maximum atomic E-state index is 11.7. The van der Waals surface area contributed by atoms with Gasteiger partial charge in [0.2, 0.25) is 0 Å². The maximum Gasteiger partial charge on any atom is 0.313 e. The number of hydrogen-bond acceptors (Lipinski definition) is 3. The van der Waals surface area contributed by atoms with Gasteiger partial charge in [-0.25, -0.2) is 0 Å². The average Bonchev–Trinajstić information content (AvgIpc) is 2.46. The van der Waals surface area contributed by atoms with Crippen LogP contribution in [0.15, 0.2) is 53.3 Å². The second kappa shape index (κ2) is 6.81. The summed E-state index contributed by atoms with van der Waals surface area (Å²) in [5.74, 6) is -1.39. The van der Waals surface area contributed by atoms with Gasteiger partial charge in [-0.3, -0.25) is 14.6 Å². The summed E-state index contributed by atoms with van der Waals surface area (Å²) >= 11 is 3.29. The van der Waals surface area contributed by atoms with Crippen LogP contribution in [0.25, 0.3) is 0 Å². The van der Waals surface area contributed by atoms with Crippen LogP contribution in [0, 0.1) is 0 Å². The van der Waals surface area contributed by atoms with Gasteiger partial charge in [0.05, 0.1) is 0 Å². The Labute approximate surface area is 124 Å². The van der Waals surface area contributed by atoms with Gasteiger partial charge in [-0.05, 0) is 29.8 Å². The summed E-state index contributed by atoms with van der Waals surface area (Å²) in [4.78, 5) is 27.3. The molecule has 0 saturated heterocycles. The van der Waals surface area contributed by atoms with E-state index in [0.717, 1.165) is 10.0 Å². The Hall–Kier alpha value is -2.21. The molecule has 0 bridgehead atoms. The summed E-state index contributed by atoms with van der Waals surface area (Å²) in [6, 6.07) is 10.6. The van der Waals surface area contributed by atoms with Crippen LogP contribution in [0.4, 0.5) is 5.69 Å². The molecule has 0 atom stereocenters. The number of nitrogens with zero attached hydrogens (tertiary/aromatic N) is 1. The Bertz CT molecular complexity index is 617. The average molecular weight is 334 g/mol. The zero-order chi connectivity index (χ0) is 14.4. The quantitative estimate of drug-likeness (QED) is 0.845. The lowest BCUT2D eigenvalue weighted by molar-refractivity contribution is -0.136. The summed E-state index contributed by atoms with van der Waals surface area (Å²) in [6.45, 7) is 0.262. The van der Waals surface area contributed by atoms with Crippen molar-refractivity contribution in [2.75, 3.05) is 5.32 Å². The highest BCUT2D eigenvalue weighted by molar-refractivity contribution is 9.10. The molecule has 0 fully saturated rings. The molecule has 1 aromatic carbocycles. The topological polar surface area (TPSA) is 71.1 Å². The number of halogens is 1. The first-order chi connectivity index (χ1) is 9.65. The number of aromatic nitrogens is 1. The second-order valence-corrected chi connectivity index (χ2v) is 4.92. The Morgan fingerprint density at radius 2 is 2.00 bits per heavy atom. The molecule has 0 spiro atoms. The Balaban J connectivity index is 1.88. The van der Waals surface area contributed by atoms with Crippen LogP contribution >= 0.6 is 15.9 Å². The molecule has 6 heteroatoms. The number of pyridine rings is 1. The van der Waals surface area contributed by atoms with Crippen LogP contribution in [0.2, 0.25) is 0 Å². The number of carbonyl (C=O) groups is 2. The number of amides is 2. The SMILES string of the molecule is O=C(NCc1cccnc1)C(=O)Nc1cccc(Br)c1. The summed E-state index contributed by atoms with van der Waals surface area (Å²) in [7, 11) is 0. The monoisotopic (exact) mass is 333 g/mol. The van der Waals surface area contributed by atoms with Crippen molar-refractivity contribution in [3.8, 4) is 0 Å². The second-order valence-electron chi connectivity index (χ2n) is 4.01. The van der Waals surface area contributed by atoms with Gasteiger partial charge in [-0.1, -0.05) is 28.1 Å². The van der Waals surface area contributed by atoms with Crippen molar-refractivity contribution < 1.29 is 9.59 Å². The fourth-order valence-corrected chi connectivity index (χ4v) is 1.92. The van der Waals surface area contributed by atoms with Gasteiger partial charge in [0, 0.05) is 29.1 Å². The molecule has 2 amide bonds. The number of hydrogen-bond donors (Lipinski definition) is 2. The molecule has 0 unspecified atom stereocenters. The van der Waals surface area contributed by atoms with Gasteiger partial charge >= 0.3 is 11.8 Å². The third-order valence-corrected chi connectivity index (χ3v) is 2.96. The number of anilines is 1. The molecular formula is C14H12BrN3O2. The van der Waals surface area contributed by atoms with Crippen molar-refractivity contribution in [3.63, 3.8) is 0 Å². The summed E-state index contributed by atoms with van der Waals surface area (Å²) in [5, 5.41) is 5.05. The van der Waals surface area contributed by atoms with E-state index in [9.17, 15) is 9.59 Å². The predicted molar refractivity (Wildman–Crippen MR) is 78.9 cm³/mol. The van der Waals surface area contributed by atoms with Crippen molar-refractivity contribution in [2.24, 2.45) is 0 Å². The molecule has 102 valence electrons. The van der Waals surface area contributed by atoms with E-state index >= 15 is 0 Å². The van der Waals surface area contributed by atoms with Crippen molar-refractivity contribution in [1.82, 2.24) is 10.3 Å². The van der Waals surface area contributed by atoms with Gasteiger partial charge in [0.1, 0.15) is 0 Å². The molecule has 0 saturated carbocycles. The van der Waals surface area contributed by atoms with Gasteiger partial charge in [-0.2, -0.15) is 0 Å². The number of carbonyl (C=O) groups excluding carboxylic acids is 2. The highest BCUT2D eigenvalue weighted by Gasteiger charge is 2.13. The summed E-state index contributed by atoms with van der Waals surface area (Å²) < 4.78 is 0.825. The smallest absolute Gasteiger partial charge is 0.313 e. The number of rotatable bonds is 3. The van der Waals surface area contributed by atoms with E-state index in [1.54, 1.807) is 36.7 Å². The molecule has 2 aromatic rings. The predicted octanol–water partition coefficient (Wildman–Crippen LogP) is 2.10. The molecule has 0 aliphatic carbocycles. The van der Waals surface area contributed by atoms with E-state index in [-0.39, 0.29) is 6.54 Å². The minimum Gasteiger partial charge on any atom is -0.344 e. The van der Waals surface area contributed by atoms with Crippen molar-refractivity contribution in [1.29, 1.82) is 0 Å². The molecule has 0 aliphatic heterocycles. The van der Waals surface area contributed by atoms with E-state index in [2.05, 4.69) is 31.5 Å². The van der Waals surface area contributed by atoms with E-state index in [4.69, 9.17) is 0 Å². The maximum absolute atomic E-state index is 11.7. The minimum atomic E-state index is -0.702. The molecule has 2 N–H and O–H groups in total. The van der Waals surface area contributed by atoms with Crippen molar-refractivity contribution in [3.05, 3.63) is 58.8 Å². The zero-order valence-electron chi connectivity index (χ0n) is 10.5. The third kappa shape index (κ3) is 4.17. The minimum absolute atomic E-state index is 0.262. The molecule has 0 aliphatic rings. The fourth-order valence-electron chi connectivity index (χ4n) is 1.52. The van der Waals surface area contributed by atoms with Crippen LogP contribution in [0.1, 0.15) is 5.56 Å². The first-order valence-electron chi connectivity index (χ1n) is 5.89. The van der Waals surface area contributed by atoms with E-state index in [1.807, 2.05) is 12.1 Å². The highest BCUT2D eigenvalue weighted by Crippen LogP contribution is 2.15. The van der Waals surface area contributed by atoms with Crippen LogP contribution in [0.5, 0.6) is 0 Å². The van der Waals surface area contributed by atoms with E-state index in [0.29, 0.717) is 5.69 Å². The lowest BCUT2D eigenvalue weighted by Crippen LogP contribution is -2.34. The molecular weight excluding hydrogens is 322 g/mol. The highest BCUT2D eigenvalue weighted by atomic mass is 79.9. The lowest BCUT2D eigenvalue weighted by Gasteiger charge is -2.06. The Kier molecular flexibility index (Phi) is 4.84. The summed E-state index contributed by atoms with van der Waals surface area (Å²) in [5.41, 5.74) is 1.39. The van der Waals surface area contributed by atoms with Crippen LogP contribution in [-0.2, 0) is 16.1 Å². The van der Waals surface area contributed by atoms with Gasteiger partial charge in [0.15, 0.2) is 0 Å². The van der Waals surface area contributed by atoms with Crippen LogP contribution < -0.4 is 10.6 Å². The molecule has 1 heterocycles. The van der Waals surface area contributed by atoms with Gasteiger partial charge < -0.3 is 10.6 Å². The number of benzene rings is 1. The number of nitrogens with one attached hydrogen (secondary N) is 2. The van der Waals surface area contributed by atoms with Crippen LogP contribution in [-0.4, -0.2) is 16.8 Å². The third-order valence-electron chi connectivity index (χ3n) is 2.46. The molecule has 2 rings (SSSR count). The van der Waals surface area contributed by atoms with Crippen molar-refractivity contribution >= 4 is 33.4 Å². The molecule has 1 aromatic heterocycles. The van der Waals surface area contributed by atoms with Crippen molar-refractivity contribution in [2.45, 2.75) is 6.54 Å². The largest absolute Gasteiger partial charge is 0.344 e. The molecule has 0 radical (unpaired) electrons. The standard InChI is InChI=1S/C14H12BrN3O2/c15-11-4-1-5-12(7-11)18-14(20)13(19)17-9-10-3-2-6-16-8-10/h1-8H,9H2,(H,17,19)(H,18,20). The van der Waals surface area contributed by atoms with E-state index < -0.39 is 11.8 Å². The Morgan fingerprint density at radius 3 is 2.70 bits per heavy atom. The summed E-state index contributed by atoms with van der Waals surface area (Å²) in [6.07, 6.45) is 3.28. The van der Waals surface area contributed by atoms with Crippen LogP contribution in [0.3, 0.4) is 0 Å². The normalized spacial score (nSPS) is 9.85. The first kappa shape index (κ1) is 14.2. The van der Waals surface area contributed by atoms with Gasteiger partial charge in [-0.15, -0.1) is 0 Å².